The summed E-state index contributed by atoms with van der Waals surface area (Å²) in [4.78, 5) is 11.5. The Bertz CT molecular complexity index is 332. The summed E-state index contributed by atoms with van der Waals surface area (Å²) in [5.74, 6) is -2.06. The van der Waals surface area contributed by atoms with Crippen LogP contribution in [0, 0.1) is 11.6 Å². The van der Waals surface area contributed by atoms with Gasteiger partial charge in [0, 0.05) is 6.42 Å². The highest BCUT2D eigenvalue weighted by Gasteiger charge is 2.15. The monoisotopic (exact) mass is 213 g/mol. The van der Waals surface area contributed by atoms with Gasteiger partial charge in [0.15, 0.2) is 5.78 Å². The fraction of sp³-hybridized carbons (Fsp3) is 0.364. The highest BCUT2D eigenvalue weighted by atomic mass is 19.1. The first-order chi connectivity index (χ1) is 7.16. The van der Waals surface area contributed by atoms with Crippen molar-refractivity contribution >= 4 is 5.78 Å². The average Bonchev–Trinajstić information content (AvgIpc) is 2.18. The van der Waals surface area contributed by atoms with Crippen LogP contribution in [-0.4, -0.2) is 19.4 Å². The molecule has 0 heterocycles. The van der Waals surface area contributed by atoms with Gasteiger partial charge in [0.25, 0.3) is 0 Å². The zero-order chi connectivity index (χ0) is 11.3. The van der Waals surface area contributed by atoms with Gasteiger partial charge < -0.3 is 5.32 Å². The molecule has 0 unspecified atom stereocenters. The molecule has 0 saturated carbocycles. The summed E-state index contributed by atoms with van der Waals surface area (Å²) in [5.41, 5.74) is -0.423. The first-order valence-corrected chi connectivity index (χ1v) is 4.78. The predicted molar refractivity (Wildman–Crippen MR) is 53.8 cm³/mol. The maximum atomic E-state index is 13.1. The lowest BCUT2D eigenvalue weighted by Gasteiger charge is -2.03. The Morgan fingerprint density at radius 3 is 2.47 bits per heavy atom. The van der Waals surface area contributed by atoms with Gasteiger partial charge in [-0.25, -0.2) is 8.78 Å². The van der Waals surface area contributed by atoms with Gasteiger partial charge in [-0.05, 0) is 32.1 Å². The number of hydrogen-bond donors (Lipinski definition) is 1. The Labute approximate surface area is 87.3 Å². The van der Waals surface area contributed by atoms with Crippen molar-refractivity contribution in [1.82, 2.24) is 5.32 Å². The van der Waals surface area contributed by atoms with E-state index in [4.69, 9.17) is 0 Å². The molecule has 0 fully saturated rings. The summed E-state index contributed by atoms with van der Waals surface area (Å²) in [7, 11) is 1.76. The van der Waals surface area contributed by atoms with Gasteiger partial charge in [0.2, 0.25) is 0 Å². The van der Waals surface area contributed by atoms with Crippen molar-refractivity contribution in [2.75, 3.05) is 13.6 Å². The summed E-state index contributed by atoms with van der Waals surface area (Å²) < 4.78 is 26.3. The Kier molecular flexibility index (Phi) is 4.37. The SMILES string of the molecule is CNCCCC(=O)c1c(F)cccc1F. The molecule has 2 nitrogen and oxygen atoms in total. The fourth-order valence-corrected chi connectivity index (χ4v) is 1.31. The van der Waals surface area contributed by atoms with Crippen LogP contribution in [0.25, 0.3) is 0 Å². The van der Waals surface area contributed by atoms with E-state index in [0.29, 0.717) is 13.0 Å². The molecule has 0 radical (unpaired) electrons. The maximum Gasteiger partial charge on any atom is 0.168 e. The zero-order valence-electron chi connectivity index (χ0n) is 8.52. The molecule has 15 heavy (non-hydrogen) atoms. The van der Waals surface area contributed by atoms with Crippen molar-refractivity contribution in [2.45, 2.75) is 12.8 Å². The van der Waals surface area contributed by atoms with Crippen molar-refractivity contribution in [3.05, 3.63) is 35.4 Å². The Balaban J connectivity index is 2.73. The number of rotatable bonds is 5. The Morgan fingerprint density at radius 2 is 1.93 bits per heavy atom. The highest BCUT2D eigenvalue weighted by molar-refractivity contribution is 5.96. The van der Waals surface area contributed by atoms with E-state index in [1.54, 1.807) is 7.05 Å². The van der Waals surface area contributed by atoms with Gasteiger partial charge >= 0.3 is 0 Å². The number of halogens is 2. The average molecular weight is 213 g/mol. The summed E-state index contributed by atoms with van der Waals surface area (Å²) in [6, 6.07) is 3.43. The van der Waals surface area contributed by atoms with Crippen LogP contribution in [0.4, 0.5) is 8.78 Å². The van der Waals surface area contributed by atoms with E-state index < -0.39 is 23.0 Å². The molecule has 1 rings (SSSR count). The van der Waals surface area contributed by atoms with Crippen molar-refractivity contribution in [2.24, 2.45) is 0 Å². The lowest BCUT2D eigenvalue weighted by molar-refractivity contribution is 0.0972. The lowest BCUT2D eigenvalue weighted by Crippen LogP contribution is -2.11. The normalized spacial score (nSPS) is 10.3. The van der Waals surface area contributed by atoms with Crippen molar-refractivity contribution in [3.8, 4) is 0 Å². The van der Waals surface area contributed by atoms with Crippen LogP contribution >= 0.6 is 0 Å². The second-order valence-electron chi connectivity index (χ2n) is 3.23. The Hall–Kier alpha value is -1.29. The smallest absolute Gasteiger partial charge is 0.168 e. The van der Waals surface area contributed by atoms with Crippen LogP contribution in [0.3, 0.4) is 0 Å². The molecule has 0 saturated heterocycles. The van der Waals surface area contributed by atoms with Gasteiger partial charge in [0.1, 0.15) is 11.6 Å². The second kappa shape index (κ2) is 5.56. The molecule has 0 aliphatic carbocycles. The zero-order valence-corrected chi connectivity index (χ0v) is 8.52. The number of Topliss-reactive ketones (excluding diaryl/α,β-unsaturated/α-hetero) is 1. The van der Waals surface area contributed by atoms with E-state index in [1.165, 1.54) is 6.07 Å². The molecule has 0 bridgehead atoms. The summed E-state index contributed by atoms with van der Waals surface area (Å²) >= 11 is 0. The highest BCUT2D eigenvalue weighted by Crippen LogP contribution is 2.14. The van der Waals surface area contributed by atoms with E-state index in [2.05, 4.69) is 5.32 Å². The third-order valence-electron chi connectivity index (χ3n) is 2.07. The lowest BCUT2D eigenvalue weighted by atomic mass is 10.1. The predicted octanol–water partition coefficient (Wildman–Crippen LogP) is 2.15. The van der Waals surface area contributed by atoms with Crippen LogP contribution in [0.15, 0.2) is 18.2 Å². The van der Waals surface area contributed by atoms with Crippen LogP contribution in [0.5, 0.6) is 0 Å². The fourth-order valence-electron chi connectivity index (χ4n) is 1.31. The standard InChI is InChI=1S/C11H13F2NO/c1-14-7-3-6-10(15)11-8(12)4-2-5-9(11)13/h2,4-5,14H,3,6-7H2,1H3. The third kappa shape index (κ3) is 3.09. The number of hydrogen-bond acceptors (Lipinski definition) is 2. The van der Waals surface area contributed by atoms with Crippen LogP contribution < -0.4 is 5.32 Å². The van der Waals surface area contributed by atoms with Crippen molar-refractivity contribution < 1.29 is 13.6 Å². The van der Waals surface area contributed by atoms with Gasteiger partial charge in [-0.15, -0.1) is 0 Å². The number of carbonyl (C=O) groups is 1. The molecule has 1 aromatic rings. The first kappa shape index (κ1) is 11.8. The number of nitrogens with one attached hydrogen (secondary N) is 1. The van der Waals surface area contributed by atoms with Crippen LogP contribution in [0.1, 0.15) is 23.2 Å². The van der Waals surface area contributed by atoms with Gasteiger partial charge in [-0.3, -0.25) is 4.79 Å². The molecule has 1 N–H and O–H groups in total. The minimum atomic E-state index is -0.788. The van der Waals surface area contributed by atoms with E-state index in [-0.39, 0.29) is 6.42 Å². The molecule has 0 atom stereocenters. The van der Waals surface area contributed by atoms with Crippen LogP contribution in [-0.2, 0) is 0 Å². The third-order valence-corrected chi connectivity index (χ3v) is 2.07. The minimum absolute atomic E-state index is 0.151. The number of benzene rings is 1. The molecule has 0 aliphatic rings. The van der Waals surface area contributed by atoms with E-state index in [9.17, 15) is 13.6 Å². The van der Waals surface area contributed by atoms with Crippen molar-refractivity contribution in [1.29, 1.82) is 0 Å². The summed E-state index contributed by atoms with van der Waals surface area (Å²) in [5, 5.41) is 2.86. The summed E-state index contributed by atoms with van der Waals surface area (Å²) in [6.45, 7) is 0.655. The topological polar surface area (TPSA) is 29.1 Å². The van der Waals surface area contributed by atoms with Crippen molar-refractivity contribution in [3.63, 3.8) is 0 Å². The number of ketones is 1. The summed E-state index contributed by atoms with van der Waals surface area (Å²) in [6.07, 6.45) is 0.724. The Morgan fingerprint density at radius 1 is 1.33 bits per heavy atom. The largest absolute Gasteiger partial charge is 0.320 e. The minimum Gasteiger partial charge on any atom is -0.320 e. The maximum absolute atomic E-state index is 13.1. The van der Waals surface area contributed by atoms with E-state index in [1.807, 2.05) is 0 Å². The van der Waals surface area contributed by atoms with E-state index >= 15 is 0 Å². The van der Waals surface area contributed by atoms with Gasteiger partial charge in [0.05, 0.1) is 5.56 Å². The quantitative estimate of drug-likeness (QED) is 0.599. The molecule has 0 spiro atoms. The molecule has 0 aliphatic heterocycles. The van der Waals surface area contributed by atoms with Gasteiger partial charge in [-0.2, -0.15) is 0 Å². The number of carbonyl (C=O) groups excluding carboxylic acids is 1. The molecule has 0 amide bonds. The van der Waals surface area contributed by atoms with Crippen LogP contribution in [0.2, 0.25) is 0 Å². The molecular formula is C11H13F2NO. The molecule has 1 aromatic carbocycles. The second-order valence-corrected chi connectivity index (χ2v) is 3.23. The molecule has 0 aromatic heterocycles. The van der Waals surface area contributed by atoms with Gasteiger partial charge in [-0.1, -0.05) is 6.07 Å². The van der Waals surface area contributed by atoms with E-state index in [0.717, 1.165) is 12.1 Å². The molecular weight excluding hydrogens is 200 g/mol. The first-order valence-electron chi connectivity index (χ1n) is 4.78. The molecule has 82 valence electrons. The molecule has 4 heteroatoms.